The molecular formula is C15H27N3O. The molecule has 0 radical (unpaired) electrons. The van der Waals surface area contributed by atoms with Crippen LogP contribution in [0.1, 0.15) is 44.9 Å². The molecule has 2 atom stereocenters. The normalized spacial score (nSPS) is 32.8. The summed E-state index contributed by atoms with van der Waals surface area (Å²) >= 11 is 0. The zero-order valence-corrected chi connectivity index (χ0v) is 12.1. The molecule has 4 nitrogen and oxygen atoms in total. The molecule has 4 heteroatoms. The Bertz CT molecular complexity index is 321. The van der Waals surface area contributed by atoms with Gasteiger partial charge >= 0.3 is 6.03 Å². The van der Waals surface area contributed by atoms with Crippen LogP contribution in [0.3, 0.4) is 0 Å². The molecule has 2 aliphatic heterocycles. The molecular weight excluding hydrogens is 238 g/mol. The number of nitrogens with one attached hydrogen (secondary N) is 1. The van der Waals surface area contributed by atoms with Crippen LogP contribution < -0.4 is 5.32 Å². The van der Waals surface area contributed by atoms with Gasteiger partial charge in [0.1, 0.15) is 0 Å². The molecule has 0 aromatic heterocycles. The summed E-state index contributed by atoms with van der Waals surface area (Å²) in [6, 6.07) is 1.38. The van der Waals surface area contributed by atoms with E-state index >= 15 is 0 Å². The van der Waals surface area contributed by atoms with E-state index in [1.165, 1.54) is 38.5 Å². The molecule has 3 rings (SSSR count). The second-order valence-electron chi connectivity index (χ2n) is 6.53. The van der Waals surface area contributed by atoms with Gasteiger partial charge in [0, 0.05) is 26.2 Å². The third kappa shape index (κ3) is 2.73. The van der Waals surface area contributed by atoms with Crippen molar-refractivity contribution in [3.8, 4) is 0 Å². The molecule has 1 N–H and O–H groups in total. The van der Waals surface area contributed by atoms with Gasteiger partial charge in [-0.1, -0.05) is 12.8 Å². The average Bonchev–Trinajstić information content (AvgIpc) is 3.12. The Morgan fingerprint density at radius 2 is 2.00 bits per heavy atom. The van der Waals surface area contributed by atoms with Crippen molar-refractivity contribution in [1.29, 1.82) is 0 Å². The summed E-state index contributed by atoms with van der Waals surface area (Å²) in [4.78, 5) is 16.4. The number of carbonyl (C=O) groups excluding carboxylic acids is 1. The number of hydrogen-bond donors (Lipinski definition) is 1. The second-order valence-corrected chi connectivity index (χ2v) is 6.53. The highest BCUT2D eigenvalue weighted by Gasteiger charge is 2.39. The summed E-state index contributed by atoms with van der Waals surface area (Å²) in [6.45, 7) is 3.06. The van der Waals surface area contributed by atoms with E-state index in [2.05, 4.69) is 10.2 Å². The molecule has 2 saturated heterocycles. The average molecular weight is 265 g/mol. The Balaban J connectivity index is 1.52. The fourth-order valence-corrected chi connectivity index (χ4v) is 4.10. The van der Waals surface area contributed by atoms with Gasteiger partial charge in [-0.15, -0.1) is 0 Å². The summed E-state index contributed by atoms with van der Waals surface area (Å²) in [5.41, 5.74) is 0. The number of carbonyl (C=O) groups is 1. The summed E-state index contributed by atoms with van der Waals surface area (Å²) < 4.78 is 0. The van der Waals surface area contributed by atoms with Crippen molar-refractivity contribution in [1.82, 2.24) is 15.1 Å². The van der Waals surface area contributed by atoms with Crippen LogP contribution in [0, 0.1) is 5.92 Å². The third-order valence-corrected chi connectivity index (χ3v) is 5.33. The van der Waals surface area contributed by atoms with E-state index < -0.39 is 0 Å². The summed E-state index contributed by atoms with van der Waals surface area (Å²) in [5.74, 6) is 0.753. The van der Waals surface area contributed by atoms with Crippen molar-refractivity contribution in [2.75, 3.05) is 26.7 Å². The quantitative estimate of drug-likeness (QED) is 0.844. The first-order valence-corrected chi connectivity index (χ1v) is 8.01. The van der Waals surface area contributed by atoms with Gasteiger partial charge in [-0.3, -0.25) is 0 Å². The van der Waals surface area contributed by atoms with Gasteiger partial charge in [-0.25, -0.2) is 4.79 Å². The monoisotopic (exact) mass is 265 g/mol. The van der Waals surface area contributed by atoms with Crippen molar-refractivity contribution in [3.05, 3.63) is 0 Å². The number of rotatable bonds is 4. The first kappa shape index (κ1) is 13.2. The van der Waals surface area contributed by atoms with Crippen LogP contribution in [0.2, 0.25) is 0 Å². The number of likely N-dealkylation sites (N-methyl/N-ethyl adjacent to an activating group) is 1. The molecule has 0 aromatic carbocycles. The molecule has 2 unspecified atom stereocenters. The van der Waals surface area contributed by atoms with Gasteiger partial charge in [-0.2, -0.15) is 0 Å². The lowest BCUT2D eigenvalue weighted by Gasteiger charge is -2.23. The Hall–Kier alpha value is -0.770. The highest BCUT2D eigenvalue weighted by Crippen LogP contribution is 2.33. The smallest absolute Gasteiger partial charge is 0.320 e. The molecule has 1 saturated carbocycles. The zero-order chi connectivity index (χ0) is 13.2. The van der Waals surface area contributed by atoms with Crippen molar-refractivity contribution >= 4 is 6.03 Å². The van der Waals surface area contributed by atoms with Crippen LogP contribution in [0.5, 0.6) is 0 Å². The lowest BCUT2D eigenvalue weighted by atomic mass is 9.98. The molecule has 3 aliphatic rings. The van der Waals surface area contributed by atoms with E-state index in [0.29, 0.717) is 12.1 Å². The van der Waals surface area contributed by atoms with Crippen LogP contribution in [0.25, 0.3) is 0 Å². The van der Waals surface area contributed by atoms with Gasteiger partial charge in [0.25, 0.3) is 0 Å². The minimum absolute atomic E-state index is 0.259. The molecule has 0 spiro atoms. The van der Waals surface area contributed by atoms with E-state index in [1.807, 2.05) is 11.9 Å². The Morgan fingerprint density at radius 1 is 1.21 bits per heavy atom. The van der Waals surface area contributed by atoms with E-state index in [1.54, 1.807) is 0 Å². The predicted octanol–water partition coefficient (Wildman–Crippen LogP) is 2.05. The fraction of sp³-hybridized carbons (Fsp3) is 0.933. The van der Waals surface area contributed by atoms with Gasteiger partial charge in [0.05, 0.1) is 6.04 Å². The van der Waals surface area contributed by atoms with E-state index in [4.69, 9.17) is 0 Å². The Morgan fingerprint density at radius 3 is 2.68 bits per heavy atom. The van der Waals surface area contributed by atoms with E-state index in [-0.39, 0.29) is 6.03 Å². The SMILES string of the molecule is CN1C(=O)N(CCC2CCCN2)CC1C1CCCC1. The van der Waals surface area contributed by atoms with Crippen LogP contribution >= 0.6 is 0 Å². The van der Waals surface area contributed by atoms with Crippen molar-refractivity contribution in [2.24, 2.45) is 5.92 Å². The molecule has 19 heavy (non-hydrogen) atoms. The maximum Gasteiger partial charge on any atom is 0.320 e. The van der Waals surface area contributed by atoms with Crippen LogP contribution in [-0.2, 0) is 0 Å². The molecule has 2 heterocycles. The van der Waals surface area contributed by atoms with Gasteiger partial charge in [0.2, 0.25) is 0 Å². The summed E-state index contributed by atoms with van der Waals surface area (Å²) in [6.07, 6.45) is 9.05. The molecule has 108 valence electrons. The zero-order valence-electron chi connectivity index (χ0n) is 12.1. The third-order valence-electron chi connectivity index (χ3n) is 5.33. The van der Waals surface area contributed by atoms with Gasteiger partial charge < -0.3 is 15.1 Å². The first-order valence-electron chi connectivity index (χ1n) is 8.01. The molecule has 0 aromatic rings. The maximum absolute atomic E-state index is 12.3. The van der Waals surface area contributed by atoms with Gasteiger partial charge in [-0.05, 0) is 44.6 Å². The van der Waals surface area contributed by atoms with Gasteiger partial charge in [0.15, 0.2) is 0 Å². The highest BCUT2D eigenvalue weighted by molar-refractivity contribution is 5.76. The van der Waals surface area contributed by atoms with Crippen LogP contribution in [-0.4, -0.2) is 54.6 Å². The number of urea groups is 1. The largest absolute Gasteiger partial charge is 0.323 e. The number of hydrogen-bond acceptors (Lipinski definition) is 2. The van der Waals surface area contributed by atoms with Crippen molar-refractivity contribution in [2.45, 2.75) is 57.0 Å². The lowest BCUT2D eigenvalue weighted by Crippen LogP contribution is -2.35. The molecule has 3 fully saturated rings. The second kappa shape index (κ2) is 5.70. The summed E-state index contributed by atoms with van der Waals surface area (Å²) in [7, 11) is 2.00. The molecule has 0 bridgehead atoms. The fourth-order valence-electron chi connectivity index (χ4n) is 4.10. The standard InChI is InChI=1S/C15H27N3O/c1-17-14(12-5-2-3-6-12)11-18(15(17)19)10-8-13-7-4-9-16-13/h12-14,16H,2-11H2,1H3. The topological polar surface area (TPSA) is 35.6 Å². The lowest BCUT2D eigenvalue weighted by molar-refractivity contribution is 0.188. The highest BCUT2D eigenvalue weighted by atomic mass is 16.2. The first-order chi connectivity index (χ1) is 9.25. The van der Waals surface area contributed by atoms with Crippen LogP contribution in [0.15, 0.2) is 0 Å². The minimum Gasteiger partial charge on any atom is -0.323 e. The number of amides is 2. The van der Waals surface area contributed by atoms with Crippen molar-refractivity contribution < 1.29 is 4.79 Å². The summed E-state index contributed by atoms with van der Waals surface area (Å²) in [5, 5.41) is 3.52. The minimum atomic E-state index is 0.259. The van der Waals surface area contributed by atoms with E-state index in [0.717, 1.165) is 32.0 Å². The number of nitrogens with zero attached hydrogens (tertiary/aromatic N) is 2. The molecule has 1 aliphatic carbocycles. The van der Waals surface area contributed by atoms with Crippen LogP contribution in [0.4, 0.5) is 4.79 Å². The maximum atomic E-state index is 12.3. The Labute approximate surface area is 116 Å². The molecule has 2 amide bonds. The Kier molecular flexibility index (Phi) is 3.96. The predicted molar refractivity (Wildman–Crippen MR) is 76.1 cm³/mol. The van der Waals surface area contributed by atoms with Crippen molar-refractivity contribution in [3.63, 3.8) is 0 Å². The van der Waals surface area contributed by atoms with E-state index in [9.17, 15) is 4.79 Å².